The molecule has 0 bridgehead atoms. The number of nitrogens with zero attached hydrogens (tertiary/aromatic N) is 2. The minimum atomic E-state index is 0.942. The summed E-state index contributed by atoms with van der Waals surface area (Å²) in [5.41, 5.74) is 3.73. The van der Waals surface area contributed by atoms with Gasteiger partial charge in [0.1, 0.15) is 0 Å². The molecule has 0 amide bonds. The molecule has 2 aromatic rings. The predicted octanol–water partition coefficient (Wildman–Crippen LogP) is 2.89. The van der Waals surface area contributed by atoms with Crippen molar-refractivity contribution in [1.82, 2.24) is 15.1 Å². The second-order valence-electron chi connectivity index (χ2n) is 4.23. The quantitative estimate of drug-likeness (QED) is 0.872. The molecule has 94 valence electrons. The van der Waals surface area contributed by atoms with Gasteiger partial charge in [0.15, 0.2) is 0 Å². The molecule has 0 aliphatic carbocycles. The molecule has 0 spiro atoms. The van der Waals surface area contributed by atoms with E-state index in [0.717, 1.165) is 18.7 Å². The molecule has 1 aromatic carbocycles. The van der Waals surface area contributed by atoms with Crippen molar-refractivity contribution in [2.75, 3.05) is 13.6 Å². The highest BCUT2D eigenvalue weighted by atomic mass is 15.3. The first-order valence-corrected chi connectivity index (χ1v) is 6.27. The molecule has 2 rings (SSSR count). The fourth-order valence-electron chi connectivity index (χ4n) is 1.89. The monoisotopic (exact) mass is 241 g/mol. The zero-order chi connectivity index (χ0) is 12.8. The van der Waals surface area contributed by atoms with Gasteiger partial charge < -0.3 is 5.32 Å². The van der Waals surface area contributed by atoms with Gasteiger partial charge in [-0.05, 0) is 37.2 Å². The third-order valence-electron chi connectivity index (χ3n) is 2.89. The Kier molecular flexibility index (Phi) is 4.31. The van der Waals surface area contributed by atoms with Crippen LogP contribution >= 0.6 is 0 Å². The van der Waals surface area contributed by atoms with E-state index in [0.29, 0.717) is 0 Å². The number of likely N-dealkylation sites (N-methyl/N-ethyl adjacent to an activating group) is 1. The molecule has 18 heavy (non-hydrogen) atoms. The molecule has 0 saturated carbocycles. The normalized spacial score (nSPS) is 11.8. The third kappa shape index (κ3) is 3.08. The minimum Gasteiger partial charge on any atom is -0.316 e. The van der Waals surface area contributed by atoms with Crippen molar-refractivity contribution >= 4 is 6.08 Å². The SMILES string of the molecule is CCC(=Cc1ccc(-n2cccn2)cc1)CNC. The van der Waals surface area contributed by atoms with Gasteiger partial charge in [-0.25, -0.2) is 4.68 Å². The summed E-state index contributed by atoms with van der Waals surface area (Å²) in [5.74, 6) is 0. The molecule has 1 heterocycles. The second kappa shape index (κ2) is 6.17. The van der Waals surface area contributed by atoms with Crippen LogP contribution in [0.5, 0.6) is 0 Å². The standard InChI is InChI=1S/C15H19N3/c1-3-13(12-16-2)11-14-5-7-15(8-6-14)18-10-4-9-17-18/h4-11,16H,3,12H2,1-2H3. The number of hydrogen-bond donors (Lipinski definition) is 1. The first-order valence-electron chi connectivity index (χ1n) is 6.27. The van der Waals surface area contributed by atoms with Crippen molar-refractivity contribution in [2.45, 2.75) is 13.3 Å². The van der Waals surface area contributed by atoms with Crippen LogP contribution in [0.1, 0.15) is 18.9 Å². The molecule has 0 aliphatic rings. The van der Waals surface area contributed by atoms with Gasteiger partial charge in [0.2, 0.25) is 0 Å². The fourth-order valence-corrected chi connectivity index (χ4v) is 1.89. The van der Waals surface area contributed by atoms with E-state index in [9.17, 15) is 0 Å². The van der Waals surface area contributed by atoms with Crippen LogP contribution in [0, 0.1) is 0 Å². The van der Waals surface area contributed by atoms with E-state index in [4.69, 9.17) is 0 Å². The molecule has 0 atom stereocenters. The van der Waals surface area contributed by atoms with E-state index >= 15 is 0 Å². The Hall–Kier alpha value is -1.87. The van der Waals surface area contributed by atoms with Gasteiger partial charge >= 0.3 is 0 Å². The summed E-state index contributed by atoms with van der Waals surface area (Å²) in [6, 6.07) is 10.4. The van der Waals surface area contributed by atoms with Crippen molar-refractivity contribution in [3.05, 3.63) is 53.9 Å². The number of benzene rings is 1. The Morgan fingerprint density at radius 2 is 2.11 bits per heavy atom. The van der Waals surface area contributed by atoms with Gasteiger partial charge in [-0.3, -0.25) is 0 Å². The van der Waals surface area contributed by atoms with Crippen LogP contribution in [0.25, 0.3) is 11.8 Å². The maximum Gasteiger partial charge on any atom is 0.0645 e. The van der Waals surface area contributed by atoms with E-state index in [1.54, 1.807) is 6.20 Å². The maximum atomic E-state index is 4.21. The molecular formula is C15H19N3. The zero-order valence-electron chi connectivity index (χ0n) is 10.9. The van der Waals surface area contributed by atoms with Gasteiger partial charge in [-0.1, -0.05) is 30.7 Å². The molecule has 0 aliphatic heterocycles. The lowest BCUT2D eigenvalue weighted by Gasteiger charge is -2.05. The lowest BCUT2D eigenvalue weighted by Crippen LogP contribution is -2.09. The Balaban J connectivity index is 2.17. The molecule has 0 radical (unpaired) electrons. The molecule has 3 nitrogen and oxygen atoms in total. The van der Waals surface area contributed by atoms with E-state index < -0.39 is 0 Å². The molecule has 0 fully saturated rings. The summed E-state index contributed by atoms with van der Waals surface area (Å²) in [6.45, 7) is 3.12. The van der Waals surface area contributed by atoms with Gasteiger partial charge in [-0.15, -0.1) is 0 Å². The van der Waals surface area contributed by atoms with Crippen LogP contribution < -0.4 is 5.32 Å². The molecule has 1 N–H and O–H groups in total. The van der Waals surface area contributed by atoms with Crippen LogP contribution in [0.2, 0.25) is 0 Å². The van der Waals surface area contributed by atoms with Gasteiger partial charge in [0.25, 0.3) is 0 Å². The zero-order valence-corrected chi connectivity index (χ0v) is 10.9. The molecule has 3 heteroatoms. The van der Waals surface area contributed by atoms with Crippen LogP contribution in [-0.2, 0) is 0 Å². The van der Waals surface area contributed by atoms with Gasteiger partial charge in [0, 0.05) is 18.9 Å². The van der Waals surface area contributed by atoms with Gasteiger partial charge in [0.05, 0.1) is 5.69 Å². The van der Waals surface area contributed by atoms with E-state index in [1.807, 2.05) is 24.0 Å². The van der Waals surface area contributed by atoms with Crippen molar-refractivity contribution in [3.8, 4) is 5.69 Å². The average Bonchev–Trinajstić information content (AvgIpc) is 2.93. The van der Waals surface area contributed by atoms with E-state index in [1.165, 1.54) is 11.1 Å². The van der Waals surface area contributed by atoms with Crippen molar-refractivity contribution < 1.29 is 0 Å². The topological polar surface area (TPSA) is 29.9 Å². The van der Waals surface area contributed by atoms with Crippen LogP contribution in [-0.4, -0.2) is 23.4 Å². The lowest BCUT2D eigenvalue weighted by molar-refractivity contribution is 0.851. The summed E-state index contributed by atoms with van der Waals surface area (Å²) in [5, 5.41) is 7.40. The van der Waals surface area contributed by atoms with Crippen LogP contribution in [0.3, 0.4) is 0 Å². The highest BCUT2D eigenvalue weighted by Gasteiger charge is 1.97. The van der Waals surface area contributed by atoms with Crippen molar-refractivity contribution in [3.63, 3.8) is 0 Å². The number of nitrogens with one attached hydrogen (secondary N) is 1. The summed E-state index contributed by atoms with van der Waals surface area (Å²) >= 11 is 0. The first kappa shape index (κ1) is 12.6. The summed E-state index contributed by atoms with van der Waals surface area (Å²) < 4.78 is 1.86. The maximum absolute atomic E-state index is 4.21. The second-order valence-corrected chi connectivity index (χ2v) is 4.23. The Labute approximate surface area is 108 Å². The van der Waals surface area contributed by atoms with Crippen molar-refractivity contribution in [2.24, 2.45) is 0 Å². The summed E-state index contributed by atoms with van der Waals surface area (Å²) in [7, 11) is 1.98. The Bertz CT molecular complexity index is 495. The van der Waals surface area contributed by atoms with E-state index in [-0.39, 0.29) is 0 Å². The summed E-state index contributed by atoms with van der Waals surface area (Å²) in [4.78, 5) is 0. The highest BCUT2D eigenvalue weighted by molar-refractivity contribution is 5.55. The molecule has 1 aromatic heterocycles. The average molecular weight is 241 g/mol. The molecule has 0 saturated heterocycles. The minimum absolute atomic E-state index is 0.942. The van der Waals surface area contributed by atoms with Crippen molar-refractivity contribution in [1.29, 1.82) is 0 Å². The summed E-state index contributed by atoms with van der Waals surface area (Å²) in [6.07, 6.45) is 7.05. The molecule has 0 unspecified atom stereocenters. The first-order chi connectivity index (χ1) is 8.83. The number of aromatic nitrogens is 2. The Morgan fingerprint density at radius 1 is 1.33 bits per heavy atom. The third-order valence-corrected chi connectivity index (χ3v) is 2.89. The lowest BCUT2D eigenvalue weighted by atomic mass is 10.1. The van der Waals surface area contributed by atoms with Crippen LogP contribution in [0.15, 0.2) is 48.3 Å². The van der Waals surface area contributed by atoms with Crippen LogP contribution in [0.4, 0.5) is 0 Å². The fraction of sp³-hybridized carbons (Fsp3) is 0.267. The highest BCUT2D eigenvalue weighted by Crippen LogP contribution is 2.12. The largest absolute Gasteiger partial charge is 0.316 e. The van der Waals surface area contributed by atoms with E-state index in [2.05, 4.69) is 47.7 Å². The number of rotatable bonds is 5. The smallest absolute Gasteiger partial charge is 0.0645 e. The predicted molar refractivity (Wildman–Crippen MR) is 75.8 cm³/mol. The number of hydrogen-bond acceptors (Lipinski definition) is 2. The Morgan fingerprint density at radius 3 is 2.67 bits per heavy atom. The molecular weight excluding hydrogens is 222 g/mol. The van der Waals surface area contributed by atoms with Gasteiger partial charge in [-0.2, -0.15) is 5.10 Å².